The number of anilines is 1. The summed E-state index contributed by atoms with van der Waals surface area (Å²) < 4.78 is 5.49. The van der Waals surface area contributed by atoms with Gasteiger partial charge in [-0.3, -0.25) is 14.4 Å². The van der Waals surface area contributed by atoms with E-state index in [1.807, 2.05) is 38.1 Å². The van der Waals surface area contributed by atoms with Crippen LogP contribution in [-0.2, 0) is 14.3 Å². The van der Waals surface area contributed by atoms with E-state index < -0.39 is 18.0 Å². The topological polar surface area (TPSA) is 72.5 Å². The Balaban J connectivity index is 1.66. The number of esters is 1. The molecule has 0 radical (unpaired) electrons. The van der Waals surface area contributed by atoms with Crippen molar-refractivity contribution in [1.29, 1.82) is 0 Å². The number of nitrogens with one attached hydrogen (secondary N) is 1. The van der Waals surface area contributed by atoms with E-state index in [4.69, 9.17) is 4.74 Å². The van der Waals surface area contributed by atoms with E-state index in [-0.39, 0.29) is 18.6 Å². The summed E-state index contributed by atoms with van der Waals surface area (Å²) in [6, 6.07) is 19.8. The largest absolute Gasteiger partial charge is 0.447 e. The summed E-state index contributed by atoms with van der Waals surface area (Å²) in [7, 11) is 0. The second-order valence-corrected chi connectivity index (χ2v) is 8.26. The van der Waals surface area contributed by atoms with E-state index in [1.165, 1.54) is 11.3 Å². The Bertz CT molecular complexity index is 1020. The first-order valence-corrected chi connectivity index (χ1v) is 10.5. The number of benzene rings is 2. The first-order chi connectivity index (χ1) is 14.4. The molecule has 1 aromatic heterocycles. The van der Waals surface area contributed by atoms with Crippen LogP contribution < -0.4 is 5.32 Å². The predicted molar refractivity (Wildman–Crippen MR) is 118 cm³/mol. The summed E-state index contributed by atoms with van der Waals surface area (Å²) in [5.41, 5.74) is 2.26. The van der Waals surface area contributed by atoms with Crippen LogP contribution in [0.2, 0.25) is 0 Å². The van der Waals surface area contributed by atoms with Crippen LogP contribution in [0.25, 0.3) is 0 Å². The van der Waals surface area contributed by atoms with E-state index in [9.17, 15) is 14.4 Å². The molecule has 3 aromatic rings. The lowest BCUT2D eigenvalue weighted by molar-refractivity contribution is -0.154. The summed E-state index contributed by atoms with van der Waals surface area (Å²) in [6.07, 6.45) is -1.14. The normalized spacial score (nSPS) is 11.5. The molecule has 6 heteroatoms. The Labute approximate surface area is 179 Å². The minimum absolute atomic E-state index is 0.0415. The monoisotopic (exact) mass is 421 g/mol. The molecule has 0 saturated heterocycles. The third-order valence-electron chi connectivity index (χ3n) is 4.48. The van der Waals surface area contributed by atoms with Crippen LogP contribution in [0.3, 0.4) is 0 Å². The average molecular weight is 422 g/mol. The highest BCUT2D eigenvalue weighted by atomic mass is 32.1. The van der Waals surface area contributed by atoms with E-state index in [2.05, 4.69) is 5.32 Å². The molecule has 0 spiro atoms. The molecule has 3 rings (SSSR count). The number of rotatable bonds is 8. The molecule has 1 atom stereocenters. The molecule has 0 saturated carbocycles. The Morgan fingerprint density at radius 3 is 2.23 bits per heavy atom. The highest BCUT2D eigenvalue weighted by molar-refractivity contribution is 7.14. The first-order valence-electron chi connectivity index (χ1n) is 9.64. The highest BCUT2D eigenvalue weighted by Crippen LogP contribution is 2.22. The number of hydrogen-bond acceptors (Lipinski definition) is 5. The summed E-state index contributed by atoms with van der Waals surface area (Å²) >= 11 is 1.40. The molecule has 154 valence electrons. The molecule has 5 nitrogen and oxygen atoms in total. The van der Waals surface area contributed by atoms with Gasteiger partial charge < -0.3 is 10.1 Å². The van der Waals surface area contributed by atoms with Crippen molar-refractivity contribution in [2.45, 2.75) is 32.8 Å². The highest BCUT2D eigenvalue weighted by Gasteiger charge is 2.25. The molecule has 2 aromatic carbocycles. The molecule has 0 bridgehead atoms. The molecule has 0 aliphatic rings. The van der Waals surface area contributed by atoms with Gasteiger partial charge in [-0.2, -0.15) is 0 Å². The lowest BCUT2D eigenvalue weighted by Crippen LogP contribution is -2.26. The van der Waals surface area contributed by atoms with E-state index >= 15 is 0 Å². The van der Waals surface area contributed by atoms with Crippen molar-refractivity contribution in [3.05, 3.63) is 87.6 Å². The Morgan fingerprint density at radius 1 is 0.900 bits per heavy atom. The number of hydrogen-bond donors (Lipinski definition) is 1. The lowest BCUT2D eigenvalue weighted by atomic mass is 10.1. The summed E-state index contributed by atoms with van der Waals surface area (Å²) in [6.45, 7) is 3.88. The Kier molecular flexibility index (Phi) is 7.14. The van der Waals surface area contributed by atoms with Crippen LogP contribution in [0, 0.1) is 13.8 Å². The first kappa shape index (κ1) is 21.5. The van der Waals surface area contributed by atoms with Gasteiger partial charge in [0.15, 0.2) is 5.78 Å². The second kappa shape index (κ2) is 9.98. The molecular weight excluding hydrogens is 398 g/mol. The quantitative estimate of drug-likeness (QED) is 0.398. The van der Waals surface area contributed by atoms with Crippen molar-refractivity contribution in [3.8, 4) is 0 Å². The smallest absolute Gasteiger partial charge is 0.307 e. The van der Waals surface area contributed by atoms with Crippen LogP contribution in [0.4, 0.5) is 5.69 Å². The van der Waals surface area contributed by atoms with Crippen molar-refractivity contribution in [1.82, 2.24) is 0 Å². The molecule has 0 aliphatic carbocycles. The summed E-state index contributed by atoms with van der Waals surface area (Å²) in [5.74, 6) is -1.14. The number of carbonyl (C=O) groups excluding carboxylic acids is 3. The number of carbonyl (C=O) groups is 3. The minimum Gasteiger partial charge on any atom is -0.447 e. The molecule has 1 N–H and O–H groups in total. The Morgan fingerprint density at radius 2 is 1.60 bits per heavy atom. The number of amides is 1. The average Bonchev–Trinajstić information content (AvgIpc) is 3.19. The fourth-order valence-corrected chi connectivity index (χ4v) is 3.69. The van der Waals surface area contributed by atoms with Crippen LogP contribution in [0.1, 0.15) is 44.6 Å². The zero-order valence-electron chi connectivity index (χ0n) is 16.9. The third-order valence-corrected chi connectivity index (χ3v) is 5.52. The van der Waals surface area contributed by atoms with Crippen LogP contribution in [0.15, 0.2) is 66.7 Å². The van der Waals surface area contributed by atoms with Gasteiger partial charge in [0.05, 0.1) is 11.3 Å². The van der Waals surface area contributed by atoms with Gasteiger partial charge in [0, 0.05) is 22.5 Å². The number of ketones is 1. The molecular formula is C24H23NO4S. The maximum absolute atomic E-state index is 12.8. The van der Waals surface area contributed by atoms with Gasteiger partial charge in [-0.1, -0.05) is 48.0 Å². The van der Waals surface area contributed by atoms with Gasteiger partial charge in [-0.05, 0) is 38.1 Å². The van der Waals surface area contributed by atoms with E-state index in [0.717, 1.165) is 10.4 Å². The van der Waals surface area contributed by atoms with Crippen LogP contribution in [-0.4, -0.2) is 17.7 Å². The standard InChI is InChI=1S/C24H23NO4S/c1-16-8-11-19(12-9-16)25-24(28)23(18-6-4-3-5-7-18)29-22(27)15-13-20(26)21-14-10-17(2)30-21/h3-12,14,23H,13,15H2,1-2H3,(H,25,28)/t23-/m1/s1. The maximum atomic E-state index is 12.8. The molecule has 0 fully saturated rings. The lowest BCUT2D eigenvalue weighted by Gasteiger charge is -2.18. The van der Waals surface area contributed by atoms with Gasteiger partial charge >= 0.3 is 5.97 Å². The second-order valence-electron chi connectivity index (χ2n) is 6.97. The van der Waals surface area contributed by atoms with Gasteiger partial charge in [0.25, 0.3) is 5.91 Å². The summed E-state index contributed by atoms with van der Waals surface area (Å²) in [4.78, 5) is 39.2. The number of aryl methyl sites for hydroxylation is 2. The van der Waals surface area contributed by atoms with Crippen molar-refractivity contribution in [3.63, 3.8) is 0 Å². The fraction of sp³-hybridized carbons (Fsp3) is 0.208. The fourth-order valence-electron chi connectivity index (χ4n) is 2.86. The zero-order valence-corrected chi connectivity index (χ0v) is 17.7. The molecule has 1 heterocycles. The van der Waals surface area contributed by atoms with E-state index in [1.54, 1.807) is 42.5 Å². The third kappa shape index (κ3) is 5.87. The van der Waals surface area contributed by atoms with Gasteiger partial charge in [0.2, 0.25) is 6.10 Å². The molecule has 30 heavy (non-hydrogen) atoms. The van der Waals surface area contributed by atoms with Crippen LogP contribution in [0.5, 0.6) is 0 Å². The van der Waals surface area contributed by atoms with Gasteiger partial charge in [-0.25, -0.2) is 0 Å². The number of thiophene rings is 1. The number of Topliss-reactive ketones (excluding diaryl/α,β-unsaturated/α-hetero) is 1. The molecule has 1 amide bonds. The van der Waals surface area contributed by atoms with Crippen molar-refractivity contribution < 1.29 is 19.1 Å². The van der Waals surface area contributed by atoms with Crippen LogP contribution >= 0.6 is 11.3 Å². The van der Waals surface area contributed by atoms with Crippen molar-refractivity contribution in [2.75, 3.05) is 5.32 Å². The SMILES string of the molecule is Cc1ccc(NC(=O)[C@H](OC(=O)CCC(=O)c2ccc(C)s2)c2ccccc2)cc1. The molecule has 0 unspecified atom stereocenters. The minimum atomic E-state index is -1.10. The summed E-state index contributed by atoms with van der Waals surface area (Å²) in [5, 5.41) is 2.79. The van der Waals surface area contributed by atoms with E-state index in [0.29, 0.717) is 16.1 Å². The van der Waals surface area contributed by atoms with Crippen molar-refractivity contribution >= 4 is 34.7 Å². The molecule has 0 aliphatic heterocycles. The van der Waals surface area contributed by atoms with Gasteiger partial charge in [-0.15, -0.1) is 11.3 Å². The zero-order chi connectivity index (χ0) is 21.5. The number of ether oxygens (including phenoxy) is 1. The maximum Gasteiger partial charge on any atom is 0.307 e. The van der Waals surface area contributed by atoms with Gasteiger partial charge in [0.1, 0.15) is 0 Å². The van der Waals surface area contributed by atoms with Crippen molar-refractivity contribution in [2.24, 2.45) is 0 Å². The predicted octanol–water partition coefficient (Wildman–Crippen LogP) is 5.25. The Hall–Kier alpha value is -3.25.